The van der Waals surface area contributed by atoms with Gasteiger partial charge in [-0.3, -0.25) is 4.79 Å². The van der Waals surface area contributed by atoms with E-state index in [4.69, 9.17) is 16.3 Å². The van der Waals surface area contributed by atoms with Crippen molar-refractivity contribution in [2.24, 2.45) is 0 Å². The summed E-state index contributed by atoms with van der Waals surface area (Å²) in [6.07, 6.45) is 0. The Hall–Kier alpha value is -1.32. The summed E-state index contributed by atoms with van der Waals surface area (Å²) in [5.41, 5.74) is 2.90. The highest BCUT2D eigenvalue weighted by Gasteiger charge is 2.18. The van der Waals surface area contributed by atoms with Gasteiger partial charge in [0.15, 0.2) is 5.38 Å². The Bertz CT molecular complexity index is 596. The third kappa shape index (κ3) is 3.41. The maximum Gasteiger partial charge on any atom is 0.328 e. The van der Waals surface area contributed by atoms with Gasteiger partial charge in [-0.1, -0.05) is 58.4 Å². The molecule has 0 saturated carbocycles. The highest BCUT2D eigenvalue weighted by Crippen LogP contribution is 2.30. The first-order valence-electron chi connectivity index (χ1n) is 6.29. The quantitative estimate of drug-likeness (QED) is 0.573. The maximum absolute atomic E-state index is 11.6. The maximum atomic E-state index is 11.6. The van der Waals surface area contributed by atoms with Crippen molar-refractivity contribution in [3.8, 4) is 11.1 Å². The van der Waals surface area contributed by atoms with Crippen molar-refractivity contribution in [2.45, 2.75) is 12.3 Å². The Labute approximate surface area is 131 Å². The van der Waals surface area contributed by atoms with Crippen molar-refractivity contribution >= 4 is 33.5 Å². The highest BCUT2D eigenvalue weighted by atomic mass is 79.9. The van der Waals surface area contributed by atoms with E-state index in [0.29, 0.717) is 6.61 Å². The minimum Gasteiger partial charge on any atom is -0.465 e. The molecule has 0 spiro atoms. The Morgan fingerprint density at radius 2 is 1.85 bits per heavy atom. The largest absolute Gasteiger partial charge is 0.465 e. The van der Waals surface area contributed by atoms with E-state index in [9.17, 15) is 4.79 Å². The Morgan fingerprint density at radius 1 is 1.20 bits per heavy atom. The lowest BCUT2D eigenvalue weighted by molar-refractivity contribution is -0.142. The first-order chi connectivity index (χ1) is 9.63. The second kappa shape index (κ2) is 6.91. The standard InChI is InChI=1S/C16H14BrClO2/c1-2-20-16(19)15(18)12-9-7-11(8-10-12)13-5-3-4-6-14(13)17/h3-10,15H,2H2,1H3. The van der Waals surface area contributed by atoms with Gasteiger partial charge in [-0.2, -0.15) is 0 Å². The number of benzene rings is 2. The Morgan fingerprint density at radius 3 is 2.45 bits per heavy atom. The molecule has 2 aromatic carbocycles. The van der Waals surface area contributed by atoms with E-state index in [1.165, 1.54) is 0 Å². The average Bonchev–Trinajstić information content (AvgIpc) is 2.47. The Kier molecular flexibility index (Phi) is 5.21. The number of carbonyl (C=O) groups excluding carboxylic acids is 1. The lowest BCUT2D eigenvalue weighted by atomic mass is 10.0. The molecule has 2 nitrogen and oxygen atoms in total. The summed E-state index contributed by atoms with van der Waals surface area (Å²) in [6, 6.07) is 15.6. The van der Waals surface area contributed by atoms with Crippen molar-refractivity contribution in [3.63, 3.8) is 0 Å². The molecule has 104 valence electrons. The molecule has 0 aliphatic carbocycles. The summed E-state index contributed by atoms with van der Waals surface area (Å²) in [5, 5.41) is -0.761. The van der Waals surface area contributed by atoms with Crippen LogP contribution in [0.2, 0.25) is 0 Å². The van der Waals surface area contributed by atoms with Gasteiger partial charge in [0.2, 0.25) is 0 Å². The van der Waals surface area contributed by atoms with Gasteiger partial charge < -0.3 is 4.74 Å². The number of ether oxygens (including phenoxy) is 1. The highest BCUT2D eigenvalue weighted by molar-refractivity contribution is 9.10. The zero-order valence-corrected chi connectivity index (χ0v) is 13.3. The van der Waals surface area contributed by atoms with E-state index >= 15 is 0 Å². The third-order valence-corrected chi connectivity index (χ3v) is 4.00. The second-order valence-electron chi connectivity index (χ2n) is 4.22. The molecule has 0 saturated heterocycles. The molecular weight excluding hydrogens is 340 g/mol. The second-order valence-corrected chi connectivity index (χ2v) is 5.51. The van der Waals surface area contributed by atoms with Crippen LogP contribution in [-0.2, 0) is 9.53 Å². The van der Waals surface area contributed by atoms with Crippen LogP contribution in [0.25, 0.3) is 11.1 Å². The van der Waals surface area contributed by atoms with Crippen LogP contribution in [0.15, 0.2) is 53.0 Å². The fourth-order valence-corrected chi connectivity index (χ4v) is 2.60. The average molecular weight is 354 g/mol. The zero-order valence-electron chi connectivity index (χ0n) is 11.0. The van der Waals surface area contributed by atoms with Crippen LogP contribution in [0.5, 0.6) is 0 Å². The summed E-state index contributed by atoms with van der Waals surface area (Å²) in [5.74, 6) is -0.414. The molecular formula is C16H14BrClO2. The summed E-state index contributed by atoms with van der Waals surface area (Å²) in [4.78, 5) is 11.6. The van der Waals surface area contributed by atoms with Crippen LogP contribution in [-0.4, -0.2) is 12.6 Å². The van der Waals surface area contributed by atoms with E-state index in [0.717, 1.165) is 21.2 Å². The minimum absolute atomic E-state index is 0.330. The van der Waals surface area contributed by atoms with Crippen LogP contribution in [0.3, 0.4) is 0 Å². The molecule has 1 unspecified atom stereocenters. The minimum atomic E-state index is -0.761. The predicted molar refractivity (Wildman–Crippen MR) is 84.8 cm³/mol. The molecule has 0 amide bonds. The van der Waals surface area contributed by atoms with Gasteiger partial charge in [0, 0.05) is 4.47 Å². The van der Waals surface area contributed by atoms with Crippen LogP contribution in [0, 0.1) is 0 Å². The van der Waals surface area contributed by atoms with Crippen molar-refractivity contribution in [1.29, 1.82) is 0 Å². The molecule has 0 bridgehead atoms. The monoisotopic (exact) mass is 352 g/mol. The lowest BCUT2D eigenvalue weighted by Crippen LogP contribution is -2.10. The Balaban J connectivity index is 2.23. The SMILES string of the molecule is CCOC(=O)C(Cl)c1ccc(-c2ccccc2Br)cc1. The number of halogens is 2. The van der Waals surface area contributed by atoms with E-state index in [1.54, 1.807) is 6.92 Å². The van der Waals surface area contributed by atoms with E-state index in [-0.39, 0.29) is 0 Å². The first-order valence-corrected chi connectivity index (χ1v) is 7.52. The van der Waals surface area contributed by atoms with Gasteiger partial charge in [0.25, 0.3) is 0 Å². The fourth-order valence-electron chi connectivity index (χ4n) is 1.88. The van der Waals surface area contributed by atoms with Gasteiger partial charge >= 0.3 is 5.97 Å². The summed E-state index contributed by atoms with van der Waals surface area (Å²) in [7, 11) is 0. The van der Waals surface area contributed by atoms with Gasteiger partial charge in [0.05, 0.1) is 6.61 Å². The lowest BCUT2D eigenvalue weighted by Gasteiger charge is -2.10. The molecule has 0 aliphatic heterocycles. The summed E-state index contributed by atoms with van der Waals surface area (Å²) >= 11 is 9.61. The number of carbonyl (C=O) groups is 1. The number of alkyl halides is 1. The molecule has 0 N–H and O–H groups in total. The topological polar surface area (TPSA) is 26.3 Å². The fraction of sp³-hybridized carbons (Fsp3) is 0.188. The molecule has 1 atom stereocenters. The number of esters is 1. The molecule has 20 heavy (non-hydrogen) atoms. The third-order valence-electron chi connectivity index (χ3n) is 2.88. The van der Waals surface area contributed by atoms with Crippen LogP contribution >= 0.6 is 27.5 Å². The van der Waals surface area contributed by atoms with Gasteiger partial charge in [-0.05, 0) is 29.7 Å². The van der Waals surface area contributed by atoms with E-state index in [2.05, 4.69) is 15.9 Å². The molecule has 2 rings (SSSR count). The van der Waals surface area contributed by atoms with Gasteiger partial charge in [-0.25, -0.2) is 0 Å². The molecule has 0 aromatic heterocycles. The first kappa shape index (κ1) is 15.1. The van der Waals surface area contributed by atoms with Crippen LogP contribution in [0.1, 0.15) is 17.9 Å². The molecule has 0 heterocycles. The molecule has 0 radical (unpaired) electrons. The van der Waals surface area contributed by atoms with Crippen LogP contribution < -0.4 is 0 Å². The smallest absolute Gasteiger partial charge is 0.328 e. The summed E-state index contributed by atoms with van der Waals surface area (Å²) in [6.45, 7) is 2.09. The molecule has 2 aromatic rings. The summed E-state index contributed by atoms with van der Waals surface area (Å²) < 4.78 is 5.94. The molecule has 4 heteroatoms. The molecule has 0 aliphatic rings. The van der Waals surface area contributed by atoms with Gasteiger partial charge in [0.1, 0.15) is 0 Å². The zero-order chi connectivity index (χ0) is 14.5. The number of hydrogen-bond donors (Lipinski definition) is 0. The number of rotatable bonds is 4. The normalized spacial score (nSPS) is 11.9. The van der Waals surface area contributed by atoms with Crippen molar-refractivity contribution < 1.29 is 9.53 Å². The van der Waals surface area contributed by atoms with Crippen molar-refractivity contribution in [2.75, 3.05) is 6.61 Å². The van der Waals surface area contributed by atoms with E-state index < -0.39 is 11.3 Å². The van der Waals surface area contributed by atoms with E-state index in [1.807, 2.05) is 48.5 Å². The number of hydrogen-bond acceptors (Lipinski definition) is 2. The molecule has 0 fully saturated rings. The van der Waals surface area contributed by atoms with Crippen molar-refractivity contribution in [3.05, 3.63) is 58.6 Å². The van der Waals surface area contributed by atoms with Gasteiger partial charge in [-0.15, -0.1) is 11.6 Å². The van der Waals surface area contributed by atoms with Crippen LogP contribution in [0.4, 0.5) is 0 Å². The van der Waals surface area contributed by atoms with Crippen molar-refractivity contribution in [1.82, 2.24) is 0 Å². The predicted octanol–water partition coefficient (Wildman–Crippen LogP) is 4.96.